The van der Waals surface area contributed by atoms with Gasteiger partial charge in [-0.1, -0.05) is 25.6 Å². The van der Waals surface area contributed by atoms with Crippen LogP contribution in [0.4, 0.5) is 18.9 Å². The van der Waals surface area contributed by atoms with E-state index in [1.807, 2.05) is 0 Å². The van der Waals surface area contributed by atoms with Gasteiger partial charge in [0.15, 0.2) is 5.16 Å². The van der Waals surface area contributed by atoms with Gasteiger partial charge in [-0.3, -0.25) is 9.59 Å². The largest absolute Gasteiger partial charge is 0.416 e. The molecule has 1 aromatic heterocycles. The van der Waals surface area contributed by atoms with Crippen LogP contribution in [-0.4, -0.2) is 38.8 Å². The lowest BCUT2D eigenvalue weighted by atomic mass is 10.1. The molecule has 2 aromatic rings. The molecule has 0 saturated carbocycles. The highest BCUT2D eigenvalue weighted by atomic mass is 32.2. The van der Waals surface area contributed by atoms with Gasteiger partial charge in [-0.25, -0.2) is 4.98 Å². The van der Waals surface area contributed by atoms with Crippen molar-refractivity contribution in [1.29, 1.82) is 0 Å². The van der Waals surface area contributed by atoms with Crippen molar-refractivity contribution in [3.05, 3.63) is 41.7 Å². The van der Waals surface area contributed by atoms with Crippen LogP contribution in [0, 0.1) is 5.92 Å². The van der Waals surface area contributed by atoms with Crippen LogP contribution in [0.3, 0.4) is 0 Å². The SMILES string of the molecule is CC(C)CCNC(=O)Cn1c(CO)cnc1SCC(=O)Nc1ccc(C(F)(F)F)cc1. The van der Waals surface area contributed by atoms with Crippen LogP contribution in [0.1, 0.15) is 31.5 Å². The monoisotopic (exact) mass is 458 g/mol. The van der Waals surface area contributed by atoms with E-state index in [-0.39, 0.29) is 30.5 Å². The first-order chi connectivity index (χ1) is 14.6. The van der Waals surface area contributed by atoms with E-state index in [1.165, 1.54) is 22.9 Å². The number of aliphatic hydroxyl groups excluding tert-OH is 1. The molecule has 170 valence electrons. The number of anilines is 1. The molecule has 2 amide bonds. The van der Waals surface area contributed by atoms with E-state index < -0.39 is 17.6 Å². The molecule has 1 aromatic carbocycles. The summed E-state index contributed by atoms with van der Waals surface area (Å²) in [6.07, 6.45) is -2.17. The maximum Gasteiger partial charge on any atom is 0.416 e. The Labute approximate surface area is 182 Å². The second kappa shape index (κ2) is 11.2. The molecule has 0 saturated heterocycles. The molecule has 0 spiro atoms. The average molecular weight is 459 g/mol. The normalized spacial score (nSPS) is 11.6. The Morgan fingerprint density at radius 1 is 1.19 bits per heavy atom. The molecule has 0 bridgehead atoms. The first-order valence-corrected chi connectivity index (χ1v) is 10.6. The molecule has 3 N–H and O–H groups in total. The standard InChI is InChI=1S/C20H25F3N4O3S/c1-13(2)7-8-24-17(29)10-27-16(11-28)9-25-19(27)31-12-18(30)26-15-5-3-14(4-6-15)20(21,22)23/h3-6,9,13,28H,7-8,10-12H2,1-2H3,(H,24,29)(H,26,30). The van der Waals surface area contributed by atoms with Crippen molar-refractivity contribution in [1.82, 2.24) is 14.9 Å². The molecule has 7 nitrogen and oxygen atoms in total. The van der Waals surface area contributed by atoms with Crippen molar-refractivity contribution < 1.29 is 27.9 Å². The smallest absolute Gasteiger partial charge is 0.390 e. The summed E-state index contributed by atoms with van der Waals surface area (Å²) in [6.45, 7) is 4.28. The molecule has 1 heterocycles. The Hall–Kier alpha value is -2.53. The second-order valence-electron chi connectivity index (χ2n) is 7.22. The minimum atomic E-state index is -4.44. The van der Waals surface area contributed by atoms with Gasteiger partial charge >= 0.3 is 6.18 Å². The molecule has 0 atom stereocenters. The third kappa shape index (κ3) is 7.91. The first-order valence-electron chi connectivity index (χ1n) is 9.62. The molecule has 0 radical (unpaired) electrons. The summed E-state index contributed by atoms with van der Waals surface area (Å²) in [5.41, 5.74) is -0.128. The number of aliphatic hydroxyl groups is 1. The van der Waals surface area contributed by atoms with Gasteiger partial charge in [0.25, 0.3) is 0 Å². The van der Waals surface area contributed by atoms with Crippen LogP contribution >= 0.6 is 11.8 Å². The minimum absolute atomic E-state index is 0.0448. The second-order valence-corrected chi connectivity index (χ2v) is 8.16. The van der Waals surface area contributed by atoms with E-state index in [2.05, 4.69) is 29.5 Å². The molecule has 0 fully saturated rings. The number of carbonyl (C=O) groups is 2. The fourth-order valence-electron chi connectivity index (χ4n) is 2.57. The zero-order chi connectivity index (χ0) is 23.0. The van der Waals surface area contributed by atoms with Gasteiger partial charge in [-0.15, -0.1) is 0 Å². The highest BCUT2D eigenvalue weighted by molar-refractivity contribution is 7.99. The van der Waals surface area contributed by atoms with Crippen LogP contribution < -0.4 is 10.6 Å². The fraction of sp³-hybridized carbons (Fsp3) is 0.450. The lowest BCUT2D eigenvalue weighted by molar-refractivity contribution is -0.137. The first kappa shape index (κ1) is 24.7. The lowest BCUT2D eigenvalue weighted by Crippen LogP contribution is -2.30. The van der Waals surface area contributed by atoms with E-state index in [4.69, 9.17) is 0 Å². The summed E-state index contributed by atoms with van der Waals surface area (Å²) in [5.74, 6) is -0.288. The zero-order valence-electron chi connectivity index (χ0n) is 17.2. The zero-order valence-corrected chi connectivity index (χ0v) is 18.0. The molecule has 0 aliphatic rings. The molecule has 0 unspecified atom stereocenters. The highest BCUT2D eigenvalue weighted by Gasteiger charge is 2.30. The van der Waals surface area contributed by atoms with E-state index in [1.54, 1.807) is 0 Å². The maximum absolute atomic E-state index is 12.6. The van der Waals surface area contributed by atoms with E-state index >= 15 is 0 Å². The quantitative estimate of drug-likeness (QED) is 0.475. The number of alkyl halides is 3. The average Bonchev–Trinajstić information content (AvgIpc) is 3.07. The van der Waals surface area contributed by atoms with E-state index in [0.29, 0.717) is 23.3 Å². The van der Waals surface area contributed by atoms with E-state index in [9.17, 15) is 27.9 Å². The number of nitrogens with zero attached hydrogens (tertiary/aromatic N) is 2. The van der Waals surface area contributed by atoms with Gasteiger partial charge in [-0.2, -0.15) is 13.2 Å². The Morgan fingerprint density at radius 3 is 2.45 bits per heavy atom. The Morgan fingerprint density at radius 2 is 1.87 bits per heavy atom. The molecular formula is C20H25F3N4O3S. The Kier molecular flexibility index (Phi) is 8.93. The van der Waals surface area contributed by atoms with Crippen molar-refractivity contribution in [2.75, 3.05) is 17.6 Å². The van der Waals surface area contributed by atoms with Gasteiger partial charge in [0.2, 0.25) is 11.8 Å². The Balaban J connectivity index is 1.93. The van der Waals surface area contributed by atoms with Crippen LogP contribution in [0.2, 0.25) is 0 Å². The highest BCUT2D eigenvalue weighted by Crippen LogP contribution is 2.30. The summed E-state index contributed by atoms with van der Waals surface area (Å²) in [4.78, 5) is 28.5. The molecule has 0 aliphatic carbocycles. The number of amides is 2. The molecule has 31 heavy (non-hydrogen) atoms. The molecule has 0 aliphatic heterocycles. The van der Waals surface area contributed by atoms with Crippen molar-refractivity contribution in [2.24, 2.45) is 5.92 Å². The molecular weight excluding hydrogens is 433 g/mol. The number of thioether (sulfide) groups is 1. The summed E-state index contributed by atoms with van der Waals surface area (Å²) in [6, 6.07) is 4.14. The number of carbonyl (C=O) groups excluding carboxylic acids is 2. The van der Waals surface area contributed by atoms with Gasteiger partial charge < -0.3 is 20.3 Å². The number of hydrogen-bond acceptors (Lipinski definition) is 5. The van der Waals surface area contributed by atoms with Crippen molar-refractivity contribution in [3.63, 3.8) is 0 Å². The number of benzene rings is 1. The van der Waals surface area contributed by atoms with Gasteiger partial charge in [0, 0.05) is 12.2 Å². The van der Waals surface area contributed by atoms with Gasteiger partial charge in [-0.05, 0) is 36.6 Å². The van der Waals surface area contributed by atoms with Crippen molar-refractivity contribution >= 4 is 29.3 Å². The van der Waals surface area contributed by atoms with Crippen LogP contribution in [0.5, 0.6) is 0 Å². The molecule has 11 heteroatoms. The summed E-state index contributed by atoms with van der Waals surface area (Å²) in [7, 11) is 0. The molecule has 2 rings (SSSR count). The number of halogens is 3. The number of imidazole rings is 1. The van der Waals surface area contributed by atoms with E-state index in [0.717, 1.165) is 30.3 Å². The van der Waals surface area contributed by atoms with Crippen LogP contribution in [0.25, 0.3) is 0 Å². The number of hydrogen-bond donors (Lipinski definition) is 3. The van der Waals surface area contributed by atoms with Crippen molar-refractivity contribution in [3.8, 4) is 0 Å². The van der Waals surface area contributed by atoms with Crippen LogP contribution in [0.15, 0.2) is 35.6 Å². The Bertz CT molecular complexity index is 883. The van der Waals surface area contributed by atoms with Gasteiger partial charge in [0.05, 0.1) is 29.8 Å². The lowest BCUT2D eigenvalue weighted by Gasteiger charge is -2.12. The van der Waals surface area contributed by atoms with Crippen LogP contribution in [-0.2, 0) is 28.9 Å². The predicted octanol–water partition coefficient (Wildman–Crippen LogP) is 3.29. The maximum atomic E-state index is 12.6. The summed E-state index contributed by atoms with van der Waals surface area (Å²) >= 11 is 1.06. The number of nitrogens with one attached hydrogen (secondary N) is 2. The van der Waals surface area contributed by atoms with Crippen molar-refractivity contribution in [2.45, 2.75) is 44.8 Å². The topological polar surface area (TPSA) is 96.2 Å². The summed E-state index contributed by atoms with van der Waals surface area (Å²) in [5, 5.41) is 15.2. The minimum Gasteiger partial charge on any atom is -0.390 e. The third-order valence-corrected chi connectivity index (χ3v) is 5.23. The predicted molar refractivity (Wildman–Crippen MR) is 111 cm³/mol. The van der Waals surface area contributed by atoms with Gasteiger partial charge in [0.1, 0.15) is 6.54 Å². The summed E-state index contributed by atoms with van der Waals surface area (Å²) < 4.78 is 39.4. The third-order valence-electron chi connectivity index (χ3n) is 4.24. The number of aromatic nitrogens is 2. The number of rotatable bonds is 10. The fourth-order valence-corrected chi connectivity index (χ4v) is 3.37.